The predicted molar refractivity (Wildman–Crippen MR) is 83.8 cm³/mol. The maximum absolute atomic E-state index is 12.6. The van der Waals surface area contributed by atoms with Gasteiger partial charge >= 0.3 is 0 Å². The quantitative estimate of drug-likeness (QED) is 0.797. The Labute approximate surface area is 136 Å². The number of aryl methyl sites for hydroxylation is 1. The zero-order chi connectivity index (χ0) is 16.6. The van der Waals surface area contributed by atoms with Crippen molar-refractivity contribution < 1.29 is 14.3 Å². The molecular weight excluding hydrogens is 296 g/mol. The number of carbonyl (C=O) groups is 2. The van der Waals surface area contributed by atoms with Crippen LogP contribution in [0.4, 0.5) is 0 Å². The molecule has 3 heterocycles. The van der Waals surface area contributed by atoms with Crippen LogP contribution in [0.25, 0.3) is 0 Å². The van der Waals surface area contributed by atoms with Gasteiger partial charge in [-0.15, -0.1) is 0 Å². The number of amides is 2. The molecule has 2 fully saturated rings. The van der Waals surface area contributed by atoms with Crippen LogP contribution in [0.15, 0.2) is 12.4 Å². The summed E-state index contributed by atoms with van der Waals surface area (Å²) in [4.78, 5) is 28.5. The van der Waals surface area contributed by atoms with Gasteiger partial charge in [0, 0.05) is 44.8 Å². The fraction of sp³-hybridized carbons (Fsp3) is 0.688. The number of fused-ring (bicyclic) bond motifs is 1. The second kappa shape index (κ2) is 6.31. The first-order valence-corrected chi connectivity index (χ1v) is 8.14. The van der Waals surface area contributed by atoms with Gasteiger partial charge in [-0.2, -0.15) is 5.10 Å². The molecule has 0 bridgehead atoms. The first-order chi connectivity index (χ1) is 11.0. The van der Waals surface area contributed by atoms with Gasteiger partial charge in [-0.3, -0.25) is 14.3 Å². The van der Waals surface area contributed by atoms with Gasteiger partial charge in [0.15, 0.2) is 0 Å². The van der Waals surface area contributed by atoms with E-state index in [9.17, 15) is 9.59 Å². The normalized spacial score (nSPS) is 25.5. The van der Waals surface area contributed by atoms with Gasteiger partial charge in [-0.1, -0.05) is 0 Å². The van der Waals surface area contributed by atoms with Crippen LogP contribution in [0.3, 0.4) is 0 Å². The molecule has 2 amide bonds. The number of nitrogens with zero attached hydrogens (tertiary/aromatic N) is 4. The average molecular weight is 320 g/mol. The molecule has 0 unspecified atom stereocenters. The Morgan fingerprint density at radius 1 is 1.39 bits per heavy atom. The summed E-state index contributed by atoms with van der Waals surface area (Å²) in [6, 6.07) is 0.147. The van der Waals surface area contributed by atoms with Crippen molar-refractivity contribution in [1.29, 1.82) is 0 Å². The molecule has 7 heteroatoms. The van der Waals surface area contributed by atoms with E-state index in [0.717, 1.165) is 6.42 Å². The summed E-state index contributed by atoms with van der Waals surface area (Å²) in [6.45, 7) is 6.10. The molecule has 7 nitrogen and oxygen atoms in total. The molecule has 0 saturated carbocycles. The maximum atomic E-state index is 12.6. The van der Waals surface area contributed by atoms with Gasteiger partial charge in [0.25, 0.3) is 5.91 Å². The summed E-state index contributed by atoms with van der Waals surface area (Å²) < 4.78 is 7.42. The highest BCUT2D eigenvalue weighted by molar-refractivity contribution is 5.93. The zero-order valence-corrected chi connectivity index (χ0v) is 13.9. The Bertz CT molecular complexity index is 598. The van der Waals surface area contributed by atoms with Crippen LogP contribution in [-0.4, -0.2) is 69.8 Å². The number of carbonyl (C=O) groups excluding carboxylic acids is 2. The topological polar surface area (TPSA) is 67.7 Å². The van der Waals surface area contributed by atoms with Gasteiger partial charge in [-0.25, -0.2) is 0 Å². The Morgan fingerprint density at radius 2 is 2.17 bits per heavy atom. The molecule has 0 aromatic carbocycles. The van der Waals surface area contributed by atoms with Crippen LogP contribution in [-0.2, 0) is 16.6 Å². The molecule has 1 aromatic heterocycles. The molecule has 23 heavy (non-hydrogen) atoms. The van der Waals surface area contributed by atoms with Crippen molar-refractivity contribution in [2.24, 2.45) is 13.0 Å². The third-order valence-corrected chi connectivity index (χ3v) is 4.70. The zero-order valence-electron chi connectivity index (χ0n) is 13.9. The largest absolute Gasteiger partial charge is 0.368 e. The molecule has 2 atom stereocenters. The Balaban J connectivity index is 1.72. The van der Waals surface area contributed by atoms with E-state index in [4.69, 9.17) is 4.74 Å². The smallest absolute Gasteiger partial charge is 0.257 e. The minimum Gasteiger partial charge on any atom is -0.368 e. The number of hydrogen-bond acceptors (Lipinski definition) is 4. The van der Waals surface area contributed by atoms with Gasteiger partial charge < -0.3 is 14.5 Å². The van der Waals surface area contributed by atoms with Gasteiger partial charge in [0.1, 0.15) is 6.61 Å². The minimum atomic E-state index is 0.00298. The predicted octanol–water partition coefficient (Wildman–Crippen LogP) is 0.518. The number of rotatable bonds is 2. The maximum Gasteiger partial charge on any atom is 0.257 e. The molecule has 0 radical (unpaired) electrons. The van der Waals surface area contributed by atoms with Crippen molar-refractivity contribution >= 4 is 11.8 Å². The molecule has 2 saturated heterocycles. The highest BCUT2D eigenvalue weighted by atomic mass is 16.5. The molecule has 3 rings (SSSR count). The number of hydrogen-bond donors (Lipinski definition) is 0. The van der Waals surface area contributed by atoms with Gasteiger partial charge in [-0.05, 0) is 20.3 Å². The number of aromatic nitrogens is 2. The number of ether oxygens (including phenoxy) is 1. The number of likely N-dealkylation sites (tertiary alicyclic amines) is 1. The molecular formula is C16H24N4O3. The summed E-state index contributed by atoms with van der Waals surface area (Å²) in [7, 11) is 1.80. The monoisotopic (exact) mass is 320 g/mol. The lowest BCUT2D eigenvalue weighted by molar-refractivity contribution is -0.136. The first kappa shape index (κ1) is 16.0. The highest BCUT2D eigenvalue weighted by Crippen LogP contribution is 2.26. The van der Waals surface area contributed by atoms with Crippen molar-refractivity contribution in [3.05, 3.63) is 18.0 Å². The van der Waals surface area contributed by atoms with Crippen LogP contribution in [0.5, 0.6) is 0 Å². The lowest BCUT2D eigenvalue weighted by Gasteiger charge is -2.38. The van der Waals surface area contributed by atoms with Crippen molar-refractivity contribution in [2.45, 2.75) is 32.4 Å². The van der Waals surface area contributed by atoms with E-state index in [1.165, 1.54) is 0 Å². The van der Waals surface area contributed by atoms with Crippen LogP contribution < -0.4 is 0 Å². The second-order valence-electron chi connectivity index (χ2n) is 6.69. The minimum absolute atomic E-state index is 0.00298. The Kier molecular flexibility index (Phi) is 4.39. The average Bonchev–Trinajstić information content (AvgIpc) is 2.88. The van der Waals surface area contributed by atoms with E-state index in [0.29, 0.717) is 25.2 Å². The van der Waals surface area contributed by atoms with Crippen LogP contribution >= 0.6 is 0 Å². The van der Waals surface area contributed by atoms with E-state index in [2.05, 4.69) is 5.10 Å². The summed E-state index contributed by atoms with van der Waals surface area (Å²) in [5.41, 5.74) is 0.609. The highest BCUT2D eigenvalue weighted by Gasteiger charge is 2.38. The van der Waals surface area contributed by atoms with E-state index in [1.807, 2.05) is 23.6 Å². The third-order valence-electron chi connectivity index (χ3n) is 4.70. The van der Waals surface area contributed by atoms with E-state index in [-0.39, 0.29) is 36.5 Å². The van der Waals surface area contributed by atoms with Crippen LogP contribution in [0.2, 0.25) is 0 Å². The van der Waals surface area contributed by atoms with E-state index in [1.54, 1.807) is 24.1 Å². The second-order valence-corrected chi connectivity index (χ2v) is 6.69. The summed E-state index contributed by atoms with van der Waals surface area (Å²) in [5.74, 6) is 0.209. The van der Waals surface area contributed by atoms with Crippen LogP contribution in [0, 0.1) is 5.92 Å². The molecule has 0 spiro atoms. The fourth-order valence-corrected chi connectivity index (χ4v) is 3.42. The third kappa shape index (κ3) is 3.24. The lowest BCUT2D eigenvalue weighted by Crippen LogP contribution is -2.50. The molecule has 126 valence electrons. The van der Waals surface area contributed by atoms with Crippen molar-refractivity contribution in [1.82, 2.24) is 19.6 Å². The standard InChI is InChI=1S/C16H24N4O3/c1-11(2)20-9-13-8-19(5-4-14(13)23-10-15(20)21)16(22)12-6-17-18(3)7-12/h6-7,11,13-14H,4-5,8-10H2,1-3H3/t13-,14+/m1/s1. The summed E-state index contributed by atoms with van der Waals surface area (Å²) in [5, 5.41) is 4.07. The van der Waals surface area contributed by atoms with Crippen molar-refractivity contribution in [3.63, 3.8) is 0 Å². The van der Waals surface area contributed by atoms with Crippen molar-refractivity contribution in [2.75, 3.05) is 26.2 Å². The number of piperidine rings is 1. The van der Waals surface area contributed by atoms with Gasteiger partial charge in [0.05, 0.1) is 17.9 Å². The van der Waals surface area contributed by atoms with Gasteiger partial charge in [0.2, 0.25) is 5.91 Å². The Morgan fingerprint density at radius 3 is 2.83 bits per heavy atom. The van der Waals surface area contributed by atoms with E-state index >= 15 is 0 Å². The molecule has 0 aliphatic carbocycles. The Hall–Kier alpha value is -1.89. The molecule has 2 aliphatic heterocycles. The fourth-order valence-electron chi connectivity index (χ4n) is 3.42. The van der Waals surface area contributed by atoms with Crippen LogP contribution in [0.1, 0.15) is 30.6 Å². The van der Waals surface area contributed by atoms with Crippen molar-refractivity contribution in [3.8, 4) is 0 Å². The molecule has 0 N–H and O–H groups in total. The SMILES string of the molecule is CC(C)N1C[C@H]2CN(C(=O)c3cnn(C)c3)CC[C@@H]2OCC1=O. The lowest BCUT2D eigenvalue weighted by atomic mass is 9.93. The summed E-state index contributed by atoms with van der Waals surface area (Å²) >= 11 is 0. The molecule has 2 aliphatic rings. The van der Waals surface area contributed by atoms with E-state index < -0.39 is 0 Å². The first-order valence-electron chi connectivity index (χ1n) is 8.14. The molecule has 1 aromatic rings. The summed E-state index contributed by atoms with van der Waals surface area (Å²) in [6.07, 6.45) is 4.17.